The number of hydrogen-bond acceptors (Lipinski definition) is 6. The Labute approximate surface area is 197 Å². The molecular formula is C25H28N4O3S. The molecule has 0 bridgehead atoms. The number of hydrogen-bond donors (Lipinski definition) is 2. The zero-order valence-corrected chi connectivity index (χ0v) is 19.5. The fraction of sp³-hybridized carbons (Fsp3) is 0.360. The molecule has 1 aliphatic rings. The molecule has 2 aromatic heterocycles. The van der Waals surface area contributed by atoms with E-state index in [2.05, 4.69) is 15.6 Å². The van der Waals surface area contributed by atoms with E-state index in [1.807, 2.05) is 6.07 Å². The summed E-state index contributed by atoms with van der Waals surface area (Å²) in [5, 5.41) is 7.05. The third-order valence-corrected chi connectivity index (χ3v) is 6.95. The highest BCUT2D eigenvalue weighted by atomic mass is 32.1. The van der Waals surface area contributed by atoms with E-state index in [1.165, 1.54) is 37.0 Å². The molecule has 7 nitrogen and oxygen atoms in total. The maximum absolute atomic E-state index is 12.6. The predicted molar refractivity (Wildman–Crippen MR) is 133 cm³/mol. The minimum Gasteiger partial charge on any atom is -0.497 e. The molecule has 0 spiro atoms. The highest BCUT2D eigenvalue weighted by Gasteiger charge is 2.17. The van der Waals surface area contributed by atoms with Gasteiger partial charge in [0, 0.05) is 23.7 Å². The molecule has 2 N–H and O–H groups in total. The molecule has 1 aliphatic carbocycles. The summed E-state index contributed by atoms with van der Waals surface area (Å²) in [5.41, 5.74) is 2.13. The SMILES string of the molecule is COc1ccc(C(=O)NCc2ccnc3sc(C=O)c(NC=NC4CCCCCC4)c23)cc1. The molecular weight excluding hydrogens is 436 g/mol. The van der Waals surface area contributed by atoms with Gasteiger partial charge in [-0.25, -0.2) is 4.98 Å². The monoisotopic (exact) mass is 464 g/mol. The average molecular weight is 465 g/mol. The summed E-state index contributed by atoms with van der Waals surface area (Å²) in [6.45, 7) is 0.313. The number of carbonyl (C=O) groups is 2. The number of anilines is 1. The van der Waals surface area contributed by atoms with Crippen molar-refractivity contribution in [3.8, 4) is 5.75 Å². The van der Waals surface area contributed by atoms with Gasteiger partial charge in [0.1, 0.15) is 10.6 Å². The van der Waals surface area contributed by atoms with Crippen LogP contribution in [0.25, 0.3) is 10.2 Å². The number of amides is 1. The first-order chi connectivity index (χ1) is 16.2. The average Bonchev–Trinajstić information content (AvgIpc) is 3.01. The first-order valence-corrected chi connectivity index (χ1v) is 12.1. The molecule has 4 rings (SSSR count). The van der Waals surface area contributed by atoms with Gasteiger partial charge in [0.15, 0.2) is 6.29 Å². The van der Waals surface area contributed by atoms with Gasteiger partial charge < -0.3 is 15.4 Å². The minimum absolute atomic E-state index is 0.183. The molecule has 0 saturated heterocycles. The summed E-state index contributed by atoms with van der Waals surface area (Å²) in [4.78, 5) is 34.8. The number of ether oxygens (including phenoxy) is 1. The molecule has 1 aromatic carbocycles. The maximum Gasteiger partial charge on any atom is 0.251 e. The van der Waals surface area contributed by atoms with Gasteiger partial charge in [-0.3, -0.25) is 14.6 Å². The van der Waals surface area contributed by atoms with Crippen molar-refractivity contribution in [1.82, 2.24) is 10.3 Å². The van der Waals surface area contributed by atoms with Crippen LogP contribution in [0.1, 0.15) is 64.1 Å². The fourth-order valence-corrected chi connectivity index (χ4v) is 5.08. The lowest BCUT2D eigenvalue weighted by Gasteiger charge is -2.10. The fourth-order valence-electron chi connectivity index (χ4n) is 4.11. The number of nitrogens with one attached hydrogen (secondary N) is 2. The van der Waals surface area contributed by atoms with Crippen LogP contribution in [0.2, 0.25) is 0 Å². The van der Waals surface area contributed by atoms with Crippen LogP contribution in [0.4, 0.5) is 5.69 Å². The number of fused-ring (bicyclic) bond motifs is 1. The second-order valence-electron chi connectivity index (χ2n) is 8.09. The van der Waals surface area contributed by atoms with E-state index in [0.717, 1.165) is 34.9 Å². The van der Waals surface area contributed by atoms with Crippen LogP contribution >= 0.6 is 11.3 Å². The molecule has 33 heavy (non-hydrogen) atoms. The van der Waals surface area contributed by atoms with E-state index < -0.39 is 0 Å². The Kier molecular flexibility index (Phi) is 7.67. The van der Waals surface area contributed by atoms with Crippen LogP contribution in [0.15, 0.2) is 41.5 Å². The van der Waals surface area contributed by atoms with Gasteiger partial charge in [0.05, 0.1) is 30.1 Å². The predicted octanol–water partition coefficient (Wildman–Crippen LogP) is 5.21. The standard InChI is InChI=1S/C25H28N4O3S/c1-32-20-10-8-17(9-11-20)24(31)27-14-18-12-13-26-25-22(18)23(21(15-30)33-25)29-16-28-19-6-4-2-3-5-7-19/h8-13,15-16,19H,2-7,14H2,1H3,(H,27,31)(H,28,29). The van der Waals surface area contributed by atoms with Gasteiger partial charge in [-0.1, -0.05) is 25.7 Å². The number of nitrogens with zero attached hydrogens (tertiary/aromatic N) is 2. The molecule has 2 heterocycles. The van der Waals surface area contributed by atoms with Gasteiger partial charge in [-0.2, -0.15) is 0 Å². The maximum atomic E-state index is 12.6. The van der Waals surface area contributed by atoms with Crippen LogP contribution < -0.4 is 15.4 Å². The van der Waals surface area contributed by atoms with E-state index in [-0.39, 0.29) is 5.91 Å². The molecule has 8 heteroatoms. The molecule has 1 amide bonds. The molecule has 0 aliphatic heterocycles. The summed E-state index contributed by atoms with van der Waals surface area (Å²) < 4.78 is 5.15. The molecule has 172 valence electrons. The topological polar surface area (TPSA) is 92.7 Å². The molecule has 0 unspecified atom stereocenters. The largest absolute Gasteiger partial charge is 0.497 e. The van der Waals surface area contributed by atoms with Crippen LogP contribution in [0, 0.1) is 0 Å². The lowest BCUT2D eigenvalue weighted by Crippen LogP contribution is -2.22. The number of aromatic nitrogens is 1. The Hall–Kier alpha value is -3.26. The van der Waals surface area contributed by atoms with E-state index in [1.54, 1.807) is 43.9 Å². The Morgan fingerprint density at radius 1 is 1.18 bits per heavy atom. The Morgan fingerprint density at radius 2 is 1.94 bits per heavy atom. The van der Waals surface area contributed by atoms with E-state index in [9.17, 15) is 9.59 Å². The number of aldehydes is 1. The van der Waals surface area contributed by atoms with Crippen LogP contribution in [-0.4, -0.2) is 36.7 Å². The Morgan fingerprint density at radius 3 is 2.64 bits per heavy atom. The van der Waals surface area contributed by atoms with Gasteiger partial charge in [-0.05, 0) is 48.7 Å². The van der Waals surface area contributed by atoms with Crippen molar-refractivity contribution in [2.24, 2.45) is 4.99 Å². The lowest BCUT2D eigenvalue weighted by atomic mass is 10.1. The zero-order chi connectivity index (χ0) is 23.0. The van der Waals surface area contributed by atoms with Crippen molar-refractivity contribution in [1.29, 1.82) is 0 Å². The second kappa shape index (κ2) is 11.0. The summed E-state index contributed by atoms with van der Waals surface area (Å²) in [5.74, 6) is 0.515. The number of benzene rings is 1. The number of aliphatic imine (C=N–C) groups is 1. The van der Waals surface area contributed by atoms with Crippen LogP contribution in [0.5, 0.6) is 5.75 Å². The summed E-state index contributed by atoms with van der Waals surface area (Å²) in [6.07, 6.45) is 11.5. The molecule has 0 radical (unpaired) electrons. The molecule has 3 aromatic rings. The Bertz CT molecular complexity index is 1130. The third kappa shape index (κ3) is 5.57. The summed E-state index contributed by atoms with van der Waals surface area (Å²) in [6, 6.07) is 9.15. The quantitative estimate of drug-likeness (QED) is 0.207. The van der Waals surface area contributed by atoms with Crippen molar-refractivity contribution in [2.45, 2.75) is 51.1 Å². The van der Waals surface area contributed by atoms with Crippen molar-refractivity contribution in [3.63, 3.8) is 0 Å². The van der Waals surface area contributed by atoms with E-state index >= 15 is 0 Å². The first kappa shape index (κ1) is 22.9. The molecule has 1 saturated carbocycles. The normalized spacial score (nSPS) is 14.8. The third-order valence-electron chi connectivity index (χ3n) is 5.92. The van der Waals surface area contributed by atoms with Crippen molar-refractivity contribution in [3.05, 3.63) is 52.5 Å². The number of rotatable bonds is 8. The van der Waals surface area contributed by atoms with Crippen LogP contribution in [0.3, 0.4) is 0 Å². The number of pyridine rings is 1. The summed E-state index contributed by atoms with van der Waals surface area (Å²) >= 11 is 1.33. The highest BCUT2D eigenvalue weighted by Crippen LogP contribution is 2.35. The summed E-state index contributed by atoms with van der Waals surface area (Å²) in [7, 11) is 1.59. The lowest BCUT2D eigenvalue weighted by molar-refractivity contribution is 0.0950. The number of thiophene rings is 1. The molecule has 0 atom stereocenters. The van der Waals surface area contributed by atoms with Gasteiger partial charge in [0.25, 0.3) is 5.91 Å². The first-order valence-electron chi connectivity index (χ1n) is 11.3. The van der Waals surface area contributed by atoms with Crippen LogP contribution in [-0.2, 0) is 6.54 Å². The van der Waals surface area contributed by atoms with Gasteiger partial charge >= 0.3 is 0 Å². The van der Waals surface area contributed by atoms with Crippen molar-refractivity contribution < 1.29 is 14.3 Å². The number of methoxy groups -OCH3 is 1. The minimum atomic E-state index is -0.183. The molecule has 1 fully saturated rings. The van der Waals surface area contributed by atoms with E-state index in [0.29, 0.717) is 34.5 Å². The number of carbonyl (C=O) groups excluding carboxylic acids is 2. The van der Waals surface area contributed by atoms with Crippen molar-refractivity contribution >= 4 is 45.8 Å². The van der Waals surface area contributed by atoms with E-state index in [4.69, 9.17) is 9.73 Å². The highest BCUT2D eigenvalue weighted by molar-refractivity contribution is 7.21. The Balaban J connectivity index is 1.52. The van der Waals surface area contributed by atoms with Gasteiger partial charge in [-0.15, -0.1) is 11.3 Å². The van der Waals surface area contributed by atoms with Crippen molar-refractivity contribution in [2.75, 3.05) is 12.4 Å². The zero-order valence-electron chi connectivity index (χ0n) is 18.7. The van der Waals surface area contributed by atoms with Gasteiger partial charge in [0.2, 0.25) is 0 Å². The smallest absolute Gasteiger partial charge is 0.251 e. The second-order valence-corrected chi connectivity index (χ2v) is 9.12.